The van der Waals surface area contributed by atoms with Gasteiger partial charge in [0.1, 0.15) is 5.65 Å². The second kappa shape index (κ2) is 8.14. The van der Waals surface area contributed by atoms with Gasteiger partial charge < -0.3 is 15.5 Å². The molecule has 6 heteroatoms. The van der Waals surface area contributed by atoms with E-state index in [1.165, 1.54) is 11.1 Å². The molecule has 1 aromatic carbocycles. The van der Waals surface area contributed by atoms with E-state index >= 15 is 0 Å². The molecular weight excluding hydrogens is 413 g/mol. The molecule has 2 aromatic heterocycles. The normalized spacial score (nSPS) is 11.3. The summed E-state index contributed by atoms with van der Waals surface area (Å²) < 4.78 is 2.01. The maximum absolute atomic E-state index is 5.95. The Morgan fingerprint density at radius 3 is 2.79 bits per heavy atom. The molecule has 24 heavy (non-hydrogen) atoms. The second-order valence-electron chi connectivity index (χ2n) is 5.64. The average molecular weight is 435 g/mol. The summed E-state index contributed by atoms with van der Waals surface area (Å²) in [5.41, 5.74) is 11.4. The van der Waals surface area contributed by atoms with Gasteiger partial charge in [0.15, 0.2) is 5.96 Å². The Labute approximate surface area is 159 Å². The zero-order valence-electron chi connectivity index (χ0n) is 13.9. The summed E-state index contributed by atoms with van der Waals surface area (Å²) in [5.74, 6) is 0.428. The van der Waals surface area contributed by atoms with Crippen molar-refractivity contribution < 1.29 is 0 Å². The Hall–Kier alpha value is -2.09. The summed E-state index contributed by atoms with van der Waals surface area (Å²) in [6, 6.07) is 12.1. The lowest BCUT2D eigenvalue weighted by Crippen LogP contribution is -2.23. The van der Waals surface area contributed by atoms with Crippen LogP contribution in [0.3, 0.4) is 0 Å². The summed E-state index contributed by atoms with van der Waals surface area (Å²) in [7, 11) is 0. The number of fused-ring (bicyclic) bond motifs is 1. The molecule has 3 N–H and O–H groups in total. The molecule has 0 unspecified atom stereocenters. The van der Waals surface area contributed by atoms with Crippen LogP contribution in [0.1, 0.15) is 16.8 Å². The van der Waals surface area contributed by atoms with Gasteiger partial charge in [0.25, 0.3) is 0 Å². The van der Waals surface area contributed by atoms with Crippen molar-refractivity contribution in [1.29, 1.82) is 0 Å². The van der Waals surface area contributed by atoms with Crippen LogP contribution in [-0.2, 0) is 6.42 Å². The predicted molar refractivity (Wildman–Crippen MR) is 110 cm³/mol. The molecule has 2 heterocycles. The molecule has 126 valence electrons. The number of aryl methyl sites for hydroxylation is 2. The molecule has 3 rings (SSSR count). The Balaban J connectivity index is 0.00000208. The third kappa shape index (κ3) is 4.47. The van der Waals surface area contributed by atoms with Crippen LogP contribution in [0.15, 0.2) is 53.8 Å². The van der Waals surface area contributed by atoms with Gasteiger partial charge in [-0.1, -0.05) is 12.1 Å². The zero-order chi connectivity index (χ0) is 16.2. The van der Waals surface area contributed by atoms with E-state index in [2.05, 4.69) is 41.3 Å². The molecule has 0 saturated heterocycles. The fourth-order valence-corrected chi connectivity index (χ4v) is 2.41. The summed E-state index contributed by atoms with van der Waals surface area (Å²) in [6.07, 6.45) is 4.78. The highest BCUT2D eigenvalue weighted by molar-refractivity contribution is 14.0. The number of rotatable bonds is 4. The van der Waals surface area contributed by atoms with Crippen LogP contribution in [0, 0.1) is 13.8 Å². The average Bonchev–Trinajstić information content (AvgIpc) is 2.93. The topological polar surface area (TPSA) is 67.7 Å². The van der Waals surface area contributed by atoms with Gasteiger partial charge in [0.05, 0.1) is 5.69 Å². The van der Waals surface area contributed by atoms with Crippen molar-refractivity contribution in [2.75, 3.05) is 11.9 Å². The van der Waals surface area contributed by atoms with E-state index in [9.17, 15) is 0 Å². The number of aromatic nitrogens is 2. The van der Waals surface area contributed by atoms with Crippen molar-refractivity contribution in [3.63, 3.8) is 0 Å². The number of anilines is 1. The van der Waals surface area contributed by atoms with Gasteiger partial charge in [-0.05, 0) is 49.2 Å². The maximum atomic E-state index is 5.95. The van der Waals surface area contributed by atoms with Crippen molar-refractivity contribution in [2.24, 2.45) is 10.7 Å². The van der Waals surface area contributed by atoms with Crippen LogP contribution in [0.4, 0.5) is 5.69 Å². The van der Waals surface area contributed by atoms with Gasteiger partial charge in [0.2, 0.25) is 0 Å². The Morgan fingerprint density at radius 1 is 1.21 bits per heavy atom. The Morgan fingerprint density at radius 2 is 2.04 bits per heavy atom. The summed E-state index contributed by atoms with van der Waals surface area (Å²) >= 11 is 0. The molecule has 0 fully saturated rings. The van der Waals surface area contributed by atoms with E-state index in [4.69, 9.17) is 5.73 Å². The number of nitrogens with one attached hydrogen (secondary N) is 1. The first-order valence-corrected chi connectivity index (χ1v) is 7.68. The largest absolute Gasteiger partial charge is 0.370 e. The van der Waals surface area contributed by atoms with Crippen molar-refractivity contribution in [2.45, 2.75) is 20.3 Å². The molecule has 0 radical (unpaired) electrons. The van der Waals surface area contributed by atoms with Gasteiger partial charge in [-0.2, -0.15) is 0 Å². The Kier molecular flexibility index (Phi) is 6.19. The van der Waals surface area contributed by atoms with Crippen molar-refractivity contribution in [3.8, 4) is 0 Å². The predicted octanol–water partition coefficient (Wildman–Crippen LogP) is 3.54. The van der Waals surface area contributed by atoms with E-state index in [0.717, 1.165) is 23.4 Å². The molecular formula is C18H22IN5. The monoisotopic (exact) mass is 435 g/mol. The summed E-state index contributed by atoms with van der Waals surface area (Å²) in [6.45, 7) is 4.77. The van der Waals surface area contributed by atoms with Crippen molar-refractivity contribution in [1.82, 2.24) is 9.38 Å². The molecule has 0 aliphatic heterocycles. The highest BCUT2D eigenvalue weighted by Crippen LogP contribution is 2.13. The number of hydrogen-bond acceptors (Lipinski definition) is 2. The molecule has 0 aliphatic carbocycles. The molecule has 0 aliphatic rings. The lowest BCUT2D eigenvalue weighted by atomic mass is 10.1. The molecule has 0 bridgehead atoms. The molecule has 3 aromatic rings. The van der Waals surface area contributed by atoms with Gasteiger partial charge in [-0.25, -0.2) is 4.98 Å². The van der Waals surface area contributed by atoms with E-state index < -0.39 is 0 Å². The third-order valence-electron chi connectivity index (χ3n) is 3.84. The van der Waals surface area contributed by atoms with Gasteiger partial charge in [-0.15, -0.1) is 24.0 Å². The van der Waals surface area contributed by atoms with Crippen molar-refractivity contribution >= 4 is 41.3 Å². The lowest BCUT2D eigenvalue weighted by molar-refractivity contribution is 0.934. The number of guanidine groups is 1. The standard InChI is InChI=1S/C18H21N5.HI/c1-13-6-7-15(11-14(13)2)22-18(19)20-9-8-16-12-23-10-4-3-5-17(23)21-16;/h3-7,10-12H,8-9H2,1-2H3,(H3,19,20,22);1H. The van der Waals surface area contributed by atoms with Crippen molar-refractivity contribution in [3.05, 3.63) is 65.6 Å². The Bertz CT molecular complexity index is 820. The molecule has 0 atom stereocenters. The number of halogens is 1. The number of benzene rings is 1. The van der Waals surface area contributed by atoms with Crippen LogP contribution in [0.2, 0.25) is 0 Å². The molecule has 0 saturated carbocycles. The van der Waals surface area contributed by atoms with Crippen LogP contribution in [0.5, 0.6) is 0 Å². The lowest BCUT2D eigenvalue weighted by Gasteiger charge is -2.07. The second-order valence-corrected chi connectivity index (χ2v) is 5.64. The van der Waals surface area contributed by atoms with Crippen LogP contribution in [0.25, 0.3) is 5.65 Å². The minimum Gasteiger partial charge on any atom is -0.370 e. The fraction of sp³-hybridized carbons (Fsp3) is 0.222. The number of pyridine rings is 1. The van der Waals surface area contributed by atoms with Crippen LogP contribution in [-0.4, -0.2) is 21.9 Å². The molecule has 0 spiro atoms. The highest BCUT2D eigenvalue weighted by Gasteiger charge is 2.01. The number of imidazole rings is 1. The zero-order valence-corrected chi connectivity index (χ0v) is 16.2. The third-order valence-corrected chi connectivity index (χ3v) is 3.84. The number of hydrogen-bond donors (Lipinski definition) is 2. The fourth-order valence-electron chi connectivity index (χ4n) is 2.41. The minimum atomic E-state index is 0. The first-order chi connectivity index (χ1) is 11.1. The number of aliphatic imine (C=N–C) groups is 1. The first kappa shape index (κ1) is 18.3. The minimum absolute atomic E-state index is 0. The molecule has 5 nitrogen and oxygen atoms in total. The maximum Gasteiger partial charge on any atom is 0.193 e. The van der Waals surface area contributed by atoms with E-state index in [1.54, 1.807) is 0 Å². The van der Waals surface area contributed by atoms with Crippen LogP contribution < -0.4 is 11.1 Å². The van der Waals surface area contributed by atoms with E-state index in [0.29, 0.717) is 12.5 Å². The number of nitrogens with two attached hydrogens (primary N) is 1. The summed E-state index contributed by atoms with van der Waals surface area (Å²) in [5, 5.41) is 3.12. The number of nitrogens with zero attached hydrogens (tertiary/aromatic N) is 3. The SMILES string of the molecule is Cc1ccc(NC(N)=NCCc2cn3ccccc3n2)cc1C.I. The van der Waals surface area contributed by atoms with E-state index in [-0.39, 0.29) is 24.0 Å². The quantitative estimate of drug-likeness (QED) is 0.374. The first-order valence-electron chi connectivity index (χ1n) is 7.68. The van der Waals surface area contributed by atoms with Gasteiger partial charge in [0, 0.05) is 31.0 Å². The summed E-state index contributed by atoms with van der Waals surface area (Å²) in [4.78, 5) is 8.92. The van der Waals surface area contributed by atoms with Gasteiger partial charge >= 0.3 is 0 Å². The smallest absolute Gasteiger partial charge is 0.193 e. The van der Waals surface area contributed by atoms with Crippen LogP contribution >= 0.6 is 24.0 Å². The van der Waals surface area contributed by atoms with Gasteiger partial charge in [-0.3, -0.25) is 4.99 Å². The molecule has 0 amide bonds. The highest BCUT2D eigenvalue weighted by atomic mass is 127. The van der Waals surface area contributed by atoms with E-state index in [1.807, 2.05) is 41.1 Å².